The van der Waals surface area contributed by atoms with Gasteiger partial charge in [-0.25, -0.2) is 0 Å². The van der Waals surface area contributed by atoms with Crippen molar-refractivity contribution < 1.29 is 4.79 Å². The molecule has 0 spiro atoms. The fraction of sp³-hybridized carbons (Fsp3) is 0.273. The first-order chi connectivity index (χ1) is 6.75. The van der Waals surface area contributed by atoms with Crippen molar-refractivity contribution in [3.63, 3.8) is 0 Å². The molecule has 0 aliphatic carbocycles. The first-order valence-corrected chi connectivity index (χ1v) is 4.61. The van der Waals surface area contributed by atoms with E-state index in [0.29, 0.717) is 18.7 Å². The van der Waals surface area contributed by atoms with Crippen LogP contribution in [0.2, 0.25) is 0 Å². The highest BCUT2D eigenvalue weighted by atomic mass is 16.1. The summed E-state index contributed by atoms with van der Waals surface area (Å²) in [5, 5.41) is 5.85. The topological polar surface area (TPSA) is 32.7 Å². The third kappa shape index (κ3) is 1.82. The number of benzene rings is 1. The summed E-state index contributed by atoms with van der Waals surface area (Å²) in [7, 11) is 1.82. The number of Topliss-reactive ketones (excluding diaryl/α,β-unsaturated/α-hetero) is 1. The molecule has 3 heteroatoms. The van der Waals surface area contributed by atoms with Crippen LogP contribution in [-0.2, 0) is 11.2 Å². The molecule has 0 saturated carbocycles. The molecular formula is C11H12N2O. The summed E-state index contributed by atoms with van der Waals surface area (Å²) in [4.78, 5) is 11.4. The molecule has 1 heterocycles. The molecule has 0 atom stereocenters. The van der Waals surface area contributed by atoms with E-state index in [1.54, 1.807) is 5.01 Å². The van der Waals surface area contributed by atoms with Gasteiger partial charge in [-0.2, -0.15) is 5.10 Å². The maximum Gasteiger partial charge on any atom is 0.200 e. The Balaban J connectivity index is 2.12. The second-order valence-electron chi connectivity index (χ2n) is 3.45. The first kappa shape index (κ1) is 8.94. The predicted octanol–water partition coefficient (Wildman–Crippen LogP) is 1.10. The highest BCUT2D eigenvalue weighted by Gasteiger charge is 2.20. The lowest BCUT2D eigenvalue weighted by molar-refractivity contribution is -0.112. The van der Waals surface area contributed by atoms with Gasteiger partial charge in [0, 0.05) is 13.5 Å². The zero-order valence-corrected chi connectivity index (χ0v) is 8.10. The van der Waals surface area contributed by atoms with Gasteiger partial charge in [-0.15, -0.1) is 0 Å². The van der Waals surface area contributed by atoms with Crippen LogP contribution in [0.3, 0.4) is 0 Å². The minimum atomic E-state index is 0.136. The Hall–Kier alpha value is -1.64. The minimum absolute atomic E-state index is 0.136. The number of hydrazone groups is 1. The number of rotatable bonds is 2. The van der Waals surface area contributed by atoms with E-state index in [1.807, 2.05) is 37.4 Å². The number of ketones is 1. The monoisotopic (exact) mass is 188 g/mol. The van der Waals surface area contributed by atoms with Crippen LogP contribution in [-0.4, -0.2) is 30.1 Å². The van der Waals surface area contributed by atoms with Crippen molar-refractivity contribution >= 4 is 11.5 Å². The molecule has 1 aliphatic heterocycles. The van der Waals surface area contributed by atoms with Gasteiger partial charge < -0.3 is 0 Å². The van der Waals surface area contributed by atoms with Gasteiger partial charge in [-0.3, -0.25) is 9.80 Å². The average Bonchev–Trinajstić information content (AvgIpc) is 2.47. The largest absolute Gasteiger partial charge is 0.292 e. The number of hydrogen-bond acceptors (Lipinski definition) is 3. The third-order valence-electron chi connectivity index (χ3n) is 2.20. The van der Waals surface area contributed by atoms with Gasteiger partial charge in [0.05, 0.1) is 0 Å². The van der Waals surface area contributed by atoms with Crippen LogP contribution in [0.15, 0.2) is 35.4 Å². The molecule has 0 radical (unpaired) electrons. The predicted molar refractivity (Wildman–Crippen MR) is 55.2 cm³/mol. The van der Waals surface area contributed by atoms with Gasteiger partial charge in [-0.05, 0) is 5.56 Å². The quantitative estimate of drug-likeness (QED) is 0.696. The average molecular weight is 188 g/mol. The molecular weight excluding hydrogens is 176 g/mol. The summed E-state index contributed by atoms with van der Waals surface area (Å²) in [6.45, 7) is 0.419. The van der Waals surface area contributed by atoms with Crippen LogP contribution >= 0.6 is 0 Å². The van der Waals surface area contributed by atoms with Gasteiger partial charge in [0.2, 0.25) is 0 Å². The molecule has 0 amide bonds. The Morgan fingerprint density at radius 3 is 2.64 bits per heavy atom. The molecule has 72 valence electrons. The molecule has 0 N–H and O–H groups in total. The normalized spacial score (nSPS) is 15.9. The maximum atomic E-state index is 11.4. The summed E-state index contributed by atoms with van der Waals surface area (Å²) in [6, 6.07) is 9.92. The van der Waals surface area contributed by atoms with Crippen LogP contribution in [0.1, 0.15) is 5.56 Å². The minimum Gasteiger partial charge on any atom is -0.292 e. The van der Waals surface area contributed by atoms with E-state index in [1.165, 1.54) is 0 Å². The van der Waals surface area contributed by atoms with E-state index >= 15 is 0 Å². The molecule has 1 aromatic rings. The molecule has 14 heavy (non-hydrogen) atoms. The Labute approximate surface area is 83.0 Å². The molecule has 0 bridgehead atoms. The summed E-state index contributed by atoms with van der Waals surface area (Å²) in [5.74, 6) is 0.136. The highest BCUT2D eigenvalue weighted by molar-refractivity contribution is 6.42. The molecule has 0 aromatic heterocycles. The van der Waals surface area contributed by atoms with E-state index in [2.05, 4.69) is 5.10 Å². The highest BCUT2D eigenvalue weighted by Crippen LogP contribution is 2.07. The van der Waals surface area contributed by atoms with Gasteiger partial charge in [0.15, 0.2) is 5.78 Å². The zero-order valence-electron chi connectivity index (χ0n) is 8.10. The van der Waals surface area contributed by atoms with Gasteiger partial charge in [0.1, 0.15) is 12.3 Å². The fourth-order valence-corrected chi connectivity index (χ4v) is 1.52. The van der Waals surface area contributed by atoms with Crippen LogP contribution in [0.5, 0.6) is 0 Å². The number of likely N-dealkylation sites (N-methyl/N-ethyl adjacent to an activating group) is 1. The number of carbonyl (C=O) groups is 1. The lowest BCUT2D eigenvalue weighted by Crippen LogP contribution is -2.17. The number of hydrogen-bond donors (Lipinski definition) is 0. The summed E-state index contributed by atoms with van der Waals surface area (Å²) < 4.78 is 0. The smallest absolute Gasteiger partial charge is 0.200 e. The Kier molecular flexibility index (Phi) is 2.31. The maximum absolute atomic E-state index is 11.4. The van der Waals surface area contributed by atoms with Crippen molar-refractivity contribution in [2.24, 2.45) is 5.10 Å². The molecule has 0 unspecified atom stereocenters. The van der Waals surface area contributed by atoms with Gasteiger partial charge in [0.25, 0.3) is 0 Å². The van der Waals surface area contributed by atoms with Crippen molar-refractivity contribution in [1.82, 2.24) is 5.01 Å². The van der Waals surface area contributed by atoms with Crippen molar-refractivity contribution in [3.05, 3.63) is 35.9 Å². The van der Waals surface area contributed by atoms with Crippen LogP contribution < -0.4 is 0 Å². The molecule has 2 rings (SSSR count). The van der Waals surface area contributed by atoms with Gasteiger partial charge in [-0.1, -0.05) is 30.3 Å². The first-order valence-electron chi connectivity index (χ1n) is 4.61. The molecule has 1 aromatic carbocycles. The van der Waals surface area contributed by atoms with E-state index in [4.69, 9.17) is 0 Å². The fourth-order valence-electron chi connectivity index (χ4n) is 1.52. The Morgan fingerprint density at radius 2 is 2.07 bits per heavy atom. The standard InChI is InChI=1S/C11H12N2O/c1-13-8-11(14)10(12-13)7-9-5-3-2-4-6-9/h2-6H,7-8H2,1H3. The van der Waals surface area contributed by atoms with E-state index in [0.717, 1.165) is 5.56 Å². The molecule has 3 nitrogen and oxygen atoms in total. The van der Waals surface area contributed by atoms with Gasteiger partial charge >= 0.3 is 0 Å². The Bertz CT molecular complexity index is 370. The third-order valence-corrected chi connectivity index (χ3v) is 2.20. The molecule has 1 aliphatic rings. The number of carbonyl (C=O) groups excluding carboxylic acids is 1. The number of nitrogens with zero attached hydrogens (tertiary/aromatic N) is 2. The van der Waals surface area contributed by atoms with E-state index in [9.17, 15) is 4.79 Å². The van der Waals surface area contributed by atoms with E-state index in [-0.39, 0.29) is 5.78 Å². The lowest BCUT2D eigenvalue weighted by Gasteiger charge is -1.99. The summed E-state index contributed by atoms with van der Waals surface area (Å²) >= 11 is 0. The lowest BCUT2D eigenvalue weighted by atomic mass is 10.1. The second kappa shape index (κ2) is 3.62. The van der Waals surface area contributed by atoms with Crippen molar-refractivity contribution in [3.8, 4) is 0 Å². The zero-order chi connectivity index (χ0) is 9.97. The SMILES string of the molecule is CN1CC(=O)C(Cc2ccccc2)=N1. The summed E-state index contributed by atoms with van der Waals surface area (Å²) in [6.07, 6.45) is 0.643. The molecule has 0 saturated heterocycles. The van der Waals surface area contributed by atoms with Crippen LogP contribution in [0.25, 0.3) is 0 Å². The van der Waals surface area contributed by atoms with Crippen molar-refractivity contribution in [2.45, 2.75) is 6.42 Å². The van der Waals surface area contributed by atoms with Crippen molar-refractivity contribution in [1.29, 1.82) is 0 Å². The Morgan fingerprint density at radius 1 is 1.36 bits per heavy atom. The van der Waals surface area contributed by atoms with Crippen molar-refractivity contribution in [2.75, 3.05) is 13.6 Å². The van der Waals surface area contributed by atoms with E-state index < -0.39 is 0 Å². The van der Waals surface area contributed by atoms with Crippen LogP contribution in [0.4, 0.5) is 0 Å². The van der Waals surface area contributed by atoms with Crippen LogP contribution in [0, 0.1) is 0 Å². The molecule has 0 fully saturated rings. The second-order valence-corrected chi connectivity index (χ2v) is 3.45. The summed E-state index contributed by atoms with van der Waals surface area (Å²) in [5.41, 5.74) is 1.80.